The highest BCUT2D eigenvalue weighted by Gasteiger charge is 2.62. The summed E-state index contributed by atoms with van der Waals surface area (Å²) < 4.78 is 6.40. The first-order chi connectivity index (χ1) is 23.2. The molecule has 5 heteroatoms. The molecule has 8 aliphatic carbocycles. The van der Waals surface area contributed by atoms with Crippen LogP contribution in [0.15, 0.2) is 11.6 Å². The summed E-state index contributed by atoms with van der Waals surface area (Å²) in [5, 5.41) is 41.6. The zero-order valence-electron chi connectivity index (χ0n) is 33.4. The van der Waals surface area contributed by atoms with E-state index in [1.165, 1.54) is 76.2 Å². The molecule has 0 aromatic carbocycles. The van der Waals surface area contributed by atoms with Gasteiger partial charge in [0, 0.05) is 6.61 Å². The monoisotopic (exact) mass is 713 g/mol. The summed E-state index contributed by atoms with van der Waals surface area (Å²) in [5.74, 6) is 5.44. The summed E-state index contributed by atoms with van der Waals surface area (Å²) >= 11 is 0. The lowest BCUT2D eigenvalue weighted by Crippen LogP contribution is -2.56. The van der Waals surface area contributed by atoms with E-state index < -0.39 is 16.8 Å². The molecule has 5 nitrogen and oxygen atoms in total. The third-order valence-corrected chi connectivity index (χ3v) is 18.2. The number of aliphatic hydroxyl groups is 4. The molecular weight excluding hydrogens is 633 g/mol. The Balaban J connectivity index is 0.000000177. The van der Waals surface area contributed by atoms with Crippen LogP contribution in [0, 0.1) is 63.1 Å². The van der Waals surface area contributed by atoms with E-state index in [2.05, 4.69) is 40.7 Å². The minimum atomic E-state index is -0.633. The van der Waals surface area contributed by atoms with E-state index in [4.69, 9.17) is 4.74 Å². The Morgan fingerprint density at radius 2 is 1.31 bits per heavy atom. The summed E-state index contributed by atoms with van der Waals surface area (Å²) in [6.07, 6.45) is 23.3. The lowest BCUT2D eigenvalue weighted by Gasteiger charge is -2.61. The fourth-order valence-corrected chi connectivity index (χ4v) is 14.9. The van der Waals surface area contributed by atoms with Gasteiger partial charge in [-0.3, -0.25) is 0 Å². The number of allylic oxidation sites excluding steroid dienone is 1. The fourth-order valence-electron chi connectivity index (χ4n) is 14.9. The molecule has 7 fully saturated rings. The van der Waals surface area contributed by atoms with Crippen molar-refractivity contribution in [2.75, 3.05) is 6.61 Å². The van der Waals surface area contributed by atoms with Gasteiger partial charge in [-0.05, 0) is 206 Å². The van der Waals surface area contributed by atoms with Crippen molar-refractivity contribution in [3.8, 4) is 0 Å². The Hall–Kier alpha value is -0.460. The van der Waals surface area contributed by atoms with Gasteiger partial charge in [-0.25, -0.2) is 0 Å². The van der Waals surface area contributed by atoms with Crippen molar-refractivity contribution in [1.82, 2.24) is 0 Å². The highest BCUT2D eigenvalue weighted by Crippen LogP contribution is 2.68. The maximum absolute atomic E-state index is 10.7. The summed E-state index contributed by atoms with van der Waals surface area (Å²) in [5.41, 5.74) is 1.20. The predicted molar refractivity (Wildman–Crippen MR) is 208 cm³/mol. The first-order valence-corrected chi connectivity index (χ1v) is 21.4. The SMILES string of the molecule is C.CC(C)(O)CCO[C@H]1CC[C@H]2[C@@H]3CC[C@H]4C[C@@](C)(O)CC[C@]4(C)[C@H]3CC[C@]12C.C[C@]1(O)CC[C@@]2(C)C(=CC[C@H]3[C@@H]4CC[C@H](O)[C@@]4(C)CC[C@@H]32)C1. The zero-order chi connectivity index (χ0) is 36.1. The maximum Gasteiger partial charge on any atom is 0.0657 e. The van der Waals surface area contributed by atoms with Crippen LogP contribution in [-0.2, 0) is 4.74 Å². The molecule has 294 valence electrons. The Morgan fingerprint density at radius 3 is 2.04 bits per heavy atom. The summed E-state index contributed by atoms with van der Waals surface area (Å²) in [4.78, 5) is 0. The molecule has 0 amide bonds. The minimum absolute atomic E-state index is 0. The second-order valence-electron chi connectivity index (χ2n) is 22.0. The van der Waals surface area contributed by atoms with Crippen molar-refractivity contribution >= 4 is 0 Å². The molecule has 0 heterocycles. The van der Waals surface area contributed by atoms with Gasteiger partial charge < -0.3 is 25.2 Å². The van der Waals surface area contributed by atoms with Gasteiger partial charge >= 0.3 is 0 Å². The van der Waals surface area contributed by atoms with E-state index >= 15 is 0 Å². The third kappa shape index (κ3) is 6.99. The fraction of sp³-hybridized carbons (Fsp3) is 0.957. The number of fused-ring (bicyclic) bond motifs is 10. The van der Waals surface area contributed by atoms with Crippen LogP contribution < -0.4 is 0 Å². The van der Waals surface area contributed by atoms with E-state index in [1.807, 2.05) is 20.8 Å². The molecular formula is C46H80O5. The molecule has 7 saturated carbocycles. The zero-order valence-corrected chi connectivity index (χ0v) is 33.4. The van der Waals surface area contributed by atoms with Crippen LogP contribution >= 0.6 is 0 Å². The molecule has 0 unspecified atom stereocenters. The van der Waals surface area contributed by atoms with Crippen LogP contribution in [0.3, 0.4) is 0 Å². The Labute approximate surface area is 313 Å². The molecule has 0 radical (unpaired) electrons. The average molecular weight is 713 g/mol. The molecule has 0 aliphatic heterocycles. The van der Waals surface area contributed by atoms with Gasteiger partial charge in [0.05, 0.1) is 29.0 Å². The van der Waals surface area contributed by atoms with Gasteiger partial charge in [-0.2, -0.15) is 0 Å². The van der Waals surface area contributed by atoms with Gasteiger partial charge in [0.15, 0.2) is 0 Å². The van der Waals surface area contributed by atoms with Crippen molar-refractivity contribution in [2.45, 2.75) is 207 Å². The molecule has 0 spiro atoms. The van der Waals surface area contributed by atoms with Crippen LogP contribution in [0.2, 0.25) is 0 Å². The van der Waals surface area contributed by atoms with Gasteiger partial charge in [-0.1, -0.05) is 46.8 Å². The molecule has 0 aromatic rings. The Bertz CT molecular complexity index is 1280. The Kier molecular flexibility index (Phi) is 10.7. The summed E-state index contributed by atoms with van der Waals surface area (Å²) in [6, 6.07) is 0. The Morgan fingerprint density at radius 1 is 0.686 bits per heavy atom. The number of ether oxygens (including phenoxy) is 1. The van der Waals surface area contributed by atoms with Crippen LogP contribution in [0.25, 0.3) is 0 Å². The summed E-state index contributed by atoms with van der Waals surface area (Å²) in [7, 11) is 0. The van der Waals surface area contributed by atoms with Crippen LogP contribution in [0.5, 0.6) is 0 Å². The average Bonchev–Trinajstić information content (AvgIpc) is 3.52. The number of aliphatic hydroxyl groups excluding tert-OH is 1. The topological polar surface area (TPSA) is 90.2 Å². The van der Waals surface area contributed by atoms with Gasteiger partial charge in [0.25, 0.3) is 0 Å². The van der Waals surface area contributed by atoms with Gasteiger partial charge in [-0.15, -0.1) is 0 Å². The van der Waals surface area contributed by atoms with Crippen molar-refractivity contribution in [2.24, 2.45) is 63.1 Å². The second-order valence-corrected chi connectivity index (χ2v) is 22.0. The van der Waals surface area contributed by atoms with Crippen molar-refractivity contribution in [3.63, 3.8) is 0 Å². The van der Waals surface area contributed by atoms with E-state index in [0.29, 0.717) is 40.8 Å². The van der Waals surface area contributed by atoms with E-state index in [-0.39, 0.29) is 18.9 Å². The maximum atomic E-state index is 10.7. The van der Waals surface area contributed by atoms with E-state index in [9.17, 15) is 20.4 Å². The number of hydrogen-bond donors (Lipinski definition) is 4. The van der Waals surface area contributed by atoms with Crippen molar-refractivity contribution in [3.05, 3.63) is 11.6 Å². The van der Waals surface area contributed by atoms with Crippen LogP contribution in [0.4, 0.5) is 0 Å². The lowest BCUT2D eigenvalue weighted by atomic mass is 9.44. The smallest absolute Gasteiger partial charge is 0.0657 e. The first kappa shape index (κ1) is 40.2. The number of rotatable bonds is 4. The van der Waals surface area contributed by atoms with Crippen LogP contribution in [0.1, 0.15) is 178 Å². The first-order valence-electron chi connectivity index (χ1n) is 21.4. The molecule has 8 rings (SSSR count). The molecule has 51 heavy (non-hydrogen) atoms. The summed E-state index contributed by atoms with van der Waals surface area (Å²) in [6.45, 7) is 18.4. The molecule has 15 atom stereocenters. The van der Waals surface area contributed by atoms with E-state index in [1.54, 1.807) is 0 Å². The highest BCUT2D eigenvalue weighted by molar-refractivity contribution is 5.27. The molecule has 0 aromatic heterocycles. The highest BCUT2D eigenvalue weighted by atomic mass is 16.5. The predicted octanol–water partition coefficient (Wildman–Crippen LogP) is 10.0. The second kappa shape index (κ2) is 13.6. The van der Waals surface area contributed by atoms with Gasteiger partial charge in [0.2, 0.25) is 0 Å². The largest absolute Gasteiger partial charge is 0.393 e. The molecule has 0 saturated heterocycles. The van der Waals surface area contributed by atoms with Crippen molar-refractivity contribution < 1.29 is 25.2 Å². The van der Waals surface area contributed by atoms with Crippen molar-refractivity contribution in [1.29, 1.82) is 0 Å². The number of hydrogen-bond acceptors (Lipinski definition) is 5. The minimum Gasteiger partial charge on any atom is -0.393 e. The molecule has 8 aliphatic rings. The third-order valence-electron chi connectivity index (χ3n) is 18.2. The lowest BCUT2D eigenvalue weighted by molar-refractivity contribution is -0.156. The van der Waals surface area contributed by atoms with Crippen LogP contribution in [-0.4, -0.2) is 56.0 Å². The molecule has 4 N–H and O–H groups in total. The van der Waals surface area contributed by atoms with Gasteiger partial charge in [0.1, 0.15) is 0 Å². The molecule has 0 bridgehead atoms. The standard InChI is InChI=1S/C25H44O3.C20H32O2.CH4/c1-22(2,26)14-15-28-21-9-8-19-18-7-6-17-16-23(3,27)12-13-24(17,4)20(18)10-11-25(19,21)5;1-18(22)10-11-19(2)13(12-18)4-5-14-15-6-7-17(21)20(15,3)9-8-16(14)19;/h17-21,26-27H,6-16H2,1-5H3;4,14-17,21-22H,5-12H2,1-3H3;1H4/t17-,18-,19-,20-,21-,23-,24-,25-;14-,15-,16-,17-,18-,19-,20-;/m00./s1. The normalized spacial score (nSPS) is 53.0. The quantitative estimate of drug-likeness (QED) is 0.218. The van der Waals surface area contributed by atoms with E-state index in [0.717, 1.165) is 74.5 Å².